The molecule has 0 spiro atoms. The molecule has 2 heterocycles. The number of anilines is 1. The van der Waals surface area contributed by atoms with E-state index in [1.807, 2.05) is 32.9 Å². The lowest BCUT2D eigenvalue weighted by Gasteiger charge is -2.27. The van der Waals surface area contributed by atoms with Crippen LogP contribution in [-0.2, 0) is 4.79 Å². The first kappa shape index (κ1) is 20.2. The van der Waals surface area contributed by atoms with Gasteiger partial charge in [-0.3, -0.25) is 4.79 Å². The summed E-state index contributed by atoms with van der Waals surface area (Å²) in [6.07, 6.45) is 9.42. The maximum atomic E-state index is 14.0. The molecule has 2 aliphatic carbocycles. The van der Waals surface area contributed by atoms with Crippen LogP contribution in [0.4, 0.5) is 10.2 Å². The van der Waals surface area contributed by atoms with Gasteiger partial charge in [0.1, 0.15) is 17.5 Å². The topological polar surface area (TPSA) is 77.0 Å². The Morgan fingerprint density at radius 2 is 2.10 bits per heavy atom. The summed E-state index contributed by atoms with van der Waals surface area (Å²) in [7, 11) is 0. The van der Waals surface area contributed by atoms with Crippen molar-refractivity contribution in [2.75, 3.05) is 11.9 Å². The van der Waals surface area contributed by atoms with E-state index in [1.54, 1.807) is 24.5 Å². The van der Waals surface area contributed by atoms with Crippen LogP contribution in [0.15, 0.2) is 48.6 Å². The highest BCUT2D eigenvalue weighted by Crippen LogP contribution is 2.60. The summed E-state index contributed by atoms with van der Waals surface area (Å²) in [4.78, 5) is 25.7. The number of pyridine rings is 1. The second-order valence-electron chi connectivity index (χ2n) is 8.16. The molecule has 7 heteroatoms. The monoisotopic (exact) mass is 408 g/mol. The molecule has 2 aromatic rings. The molecule has 1 saturated carbocycles. The van der Waals surface area contributed by atoms with Crippen LogP contribution in [0.2, 0.25) is 0 Å². The van der Waals surface area contributed by atoms with Crippen molar-refractivity contribution in [3.63, 3.8) is 0 Å². The molecule has 1 unspecified atom stereocenters. The first-order valence-electron chi connectivity index (χ1n) is 10.1. The summed E-state index contributed by atoms with van der Waals surface area (Å²) in [6.45, 7) is 5.92. The molecule has 1 amide bonds. The van der Waals surface area contributed by atoms with E-state index >= 15 is 0 Å². The minimum atomic E-state index is -0.478. The predicted molar refractivity (Wildman–Crippen MR) is 112 cm³/mol. The van der Waals surface area contributed by atoms with Gasteiger partial charge in [-0.25, -0.2) is 19.3 Å². The second kappa shape index (κ2) is 7.97. The van der Waals surface area contributed by atoms with E-state index in [-0.39, 0.29) is 30.0 Å². The lowest BCUT2D eigenvalue weighted by molar-refractivity contribution is -0.118. The number of halogens is 1. The Morgan fingerprint density at radius 3 is 2.80 bits per heavy atom. The zero-order valence-corrected chi connectivity index (χ0v) is 17.4. The molecule has 0 bridgehead atoms. The number of carbonyl (C=O) groups is 1. The van der Waals surface area contributed by atoms with Gasteiger partial charge in [-0.1, -0.05) is 18.2 Å². The van der Waals surface area contributed by atoms with Crippen molar-refractivity contribution < 1.29 is 13.9 Å². The number of aryl methyl sites for hydroxylation is 3. The number of nitrogens with zero attached hydrogens (tertiary/aromatic N) is 3. The average Bonchev–Trinajstić information content (AvgIpc) is 3.45. The number of allylic oxidation sites excluding steroid dienone is 4. The third-order valence-corrected chi connectivity index (χ3v) is 5.92. The van der Waals surface area contributed by atoms with Gasteiger partial charge >= 0.3 is 0 Å². The van der Waals surface area contributed by atoms with E-state index in [0.29, 0.717) is 30.4 Å². The van der Waals surface area contributed by atoms with Gasteiger partial charge in [-0.2, -0.15) is 0 Å². The van der Waals surface area contributed by atoms with Crippen LogP contribution in [-0.4, -0.2) is 27.5 Å². The highest BCUT2D eigenvalue weighted by atomic mass is 19.1. The number of ether oxygens (including phenoxy) is 1. The molecule has 1 N–H and O–H groups in total. The van der Waals surface area contributed by atoms with Gasteiger partial charge in [0.05, 0.1) is 18.5 Å². The zero-order valence-electron chi connectivity index (χ0n) is 17.4. The SMILES string of the molecule is Cc1ccc(NC(=O)[C@@H]2C[C@@]2(COc2cnc(C)nc2C)C2C=CC=C(F)C2)nc1. The Labute approximate surface area is 175 Å². The highest BCUT2D eigenvalue weighted by Gasteiger charge is 2.62. The van der Waals surface area contributed by atoms with Crippen molar-refractivity contribution in [3.05, 3.63) is 65.7 Å². The molecule has 6 nitrogen and oxygen atoms in total. The van der Waals surface area contributed by atoms with Crippen molar-refractivity contribution in [2.24, 2.45) is 17.3 Å². The van der Waals surface area contributed by atoms with Crippen molar-refractivity contribution in [1.29, 1.82) is 0 Å². The van der Waals surface area contributed by atoms with Gasteiger partial charge in [0, 0.05) is 24.0 Å². The second-order valence-corrected chi connectivity index (χ2v) is 8.16. The molecule has 0 radical (unpaired) electrons. The van der Waals surface area contributed by atoms with Crippen LogP contribution in [0.5, 0.6) is 5.75 Å². The van der Waals surface area contributed by atoms with Gasteiger partial charge in [0.2, 0.25) is 5.91 Å². The minimum Gasteiger partial charge on any atom is -0.489 e. The molecular formula is C23H25FN4O2. The van der Waals surface area contributed by atoms with Crippen LogP contribution in [0.3, 0.4) is 0 Å². The molecule has 3 atom stereocenters. The molecule has 0 saturated heterocycles. The van der Waals surface area contributed by atoms with E-state index in [1.165, 1.54) is 6.08 Å². The van der Waals surface area contributed by atoms with Gasteiger partial charge < -0.3 is 10.1 Å². The highest BCUT2D eigenvalue weighted by molar-refractivity contribution is 5.94. The Bertz CT molecular complexity index is 1020. The number of amides is 1. The van der Waals surface area contributed by atoms with E-state index in [4.69, 9.17) is 4.74 Å². The van der Waals surface area contributed by atoms with Crippen LogP contribution < -0.4 is 10.1 Å². The van der Waals surface area contributed by atoms with E-state index in [2.05, 4.69) is 20.3 Å². The minimum absolute atomic E-state index is 0.115. The maximum absolute atomic E-state index is 14.0. The van der Waals surface area contributed by atoms with Gasteiger partial charge in [-0.15, -0.1) is 0 Å². The molecule has 30 heavy (non-hydrogen) atoms. The molecule has 0 aromatic carbocycles. The van der Waals surface area contributed by atoms with E-state index < -0.39 is 5.41 Å². The summed E-state index contributed by atoms with van der Waals surface area (Å²) in [6, 6.07) is 3.68. The Hall–Kier alpha value is -3.09. The maximum Gasteiger partial charge on any atom is 0.229 e. The van der Waals surface area contributed by atoms with Crippen molar-refractivity contribution in [1.82, 2.24) is 15.0 Å². The normalized spacial score (nSPS) is 24.9. The van der Waals surface area contributed by atoms with Crippen LogP contribution in [0.25, 0.3) is 0 Å². The third kappa shape index (κ3) is 4.10. The summed E-state index contributed by atoms with van der Waals surface area (Å²) >= 11 is 0. The fraction of sp³-hybridized carbons (Fsp3) is 0.391. The van der Waals surface area contributed by atoms with Crippen molar-refractivity contribution in [2.45, 2.75) is 33.6 Å². The number of carbonyl (C=O) groups excluding carboxylic acids is 1. The Morgan fingerprint density at radius 1 is 1.27 bits per heavy atom. The predicted octanol–water partition coefficient (Wildman–Crippen LogP) is 4.25. The number of hydrogen-bond donors (Lipinski definition) is 1. The first-order valence-corrected chi connectivity index (χ1v) is 10.1. The number of rotatable bonds is 6. The zero-order chi connectivity index (χ0) is 21.3. The lowest BCUT2D eigenvalue weighted by atomic mass is 9.82. The van der Waals surface area contributed by atoms with Gasteiger partial charge in [0.25, 0.3) is 0 Å². The van der Waals surface area contributed by atoms with Crippen LogP contribution >= 0.6 is 0 Å². The molecule has 1 fully saturated rings. The first-order chi connectivity index (χ1) is 14.4. The fourth-order valence-corrected chi connectivity index (χ4v) is 4.07. The molecule has 156 valence electrons. The van der Waals surface area contributed by atoms with E-state index in [9.17, 15) is 9.18 Å². The molecule has 0 aliphatic heterocycles. The standard InChI is InChI=1S/C23H25FN4O2/c1-14-7-8-21(26-11-14)28-22(29)19-10-23(19,17-5-4-6-18(24)9-17)13-30-20-12-25-16(3)27-15(20)2/h4-8,11-12,17,19H,9-10,13H2,1-3H3,(H,26,28,29)/t17?,19-,23+/m0/s1. The summed E-state index contributed by atoms with van der Waals surface area (Å²) in [5.41, 5.74) is 1.29. The average molecular weight is 408 g/mol. The van der Waals surface area contributed by atoms with Crippen LogP contribution in [0.1, 0.15) is 29.9 Å². The summed E-state index contributed by atoms with van der Waals surface area (Å²) in [5.74, 6) is 1.08. The molecule has 4 rings (SSSR count). The summed E-state index contributed by atoms with van der Waals surface area (Å²) in [5, 5.41) is 2.89. The van der Waals surface area contributed by atoms with E-state index in [0.717, 1.165) is 11.3 Å². The fourth-order valence-electron chi connectivity index (χ4n) is 4.07. The molecule has 2 aliphatic rings. The smallest absolute Gasteiger partial charge is 0.229 e. The molecule has 2 aromatic heterocycles. The quantitative estimate of drug-likeness (QED) is 0.773. The van der Waals surface area contributed by atoms with Gasteiger partial charge in [0.15, 0.2) is 5.75 Å². The Kier molecular flexibility index (Phi) is 5.37. The Balaban J connectivity index is 1.52. The van der Waals surface area contributed by atoms with Crippen molar-refractivity contribution >= 4 is 11.7 Å². The van der Waals surface area contributed by atoms with Gasteiger partial charge in [-0.05, 0) is 50.8 Å². The number of aromatic nitrogens is 3. The van der Waals surface area contributed by atoms with Crippen molar-refractivity contribution in [3.8, 4) is 5.75 Å². The lowest BCUT2D eigenvalue weighted by Crippen LogP contribution is -2.30. The molecular weight excluding hydrogens is 383 g/mol. The van der Waals surface area contributed by atoms with Crippen LogP contribution in [0, 0.1) is 38.0 Å². The third-order valence-electron chi connectivity index (χ3n) is 5.92. The summed E-state index contributed by atoms with van der Waals surface area (Å²) < 4.78 is 20.1. The largest absolute Gasteiger partial charge is 0.489 e. The number of hydrogen-bond acceptors (Lipinski definition) is 5. The number of nitrogens with one attached hydrogen (secondary N) is 1.